The first-order valence-corrected chi connectivity index (χ1v) is 3.19. The summed E-state index contributed by atoms with van der Waals surface area (Å²) in [6.45, 7) is 0.552. The van der Waals surface area contributed by atoms with Crippen LogP contribution in [0, 0.1) is 11.3 Å². The van der Waals surface area contributed by atoms with E-state index in [2.05, 4.69) is 5.32 Å². The lowest BCUT2D eigenvalue weighted by Crippen LogP contribution is -2.35. The number of nitrogens with zero attached hydrogens (tertiary/aromatic N) is 1. The van der Waals surface area contributed by atoms with Crippen LogP contribution < -0.4 is 5.32 Å². The van der Waals surface area contributed by atoms with Gasteiger partial charge in [-0.3, -0.25) is 5.32 Å². The first kappa shape index (κ1) is 10.2. The molecule has 0 aromatic carbocycles. The Hall–Kier alpha value is -0.760. The summed E-state index contributed by atoms with van der Waals surface area (Å²) >= 11 is 0. The van der Waals surface area contributed by atoms with Crippen LogP contribution in [0.15, 0.2) is 0 Å². The standard InChI is InChI=1S/C6H9F3N2/c1-2-5(3-10)11-4-6(7,8)9/h5,11H,2,4H2,1H3. The van der Waals surface area contributed by atoms with Gasteiger partial charge in [0.1, 0.15) is 0 Å². The Morgan fingerprint density at radius 3 is 2.36 bits per heavy atom. The minimum absolute atomic E-state index is 0.382. The zero-order chi connectivity index (χ0) is 8.91. The predicted molar refractivity (Wildman–Crippen MR) is 33.7 cm³/mol. The van der Waals surface area contributed by atoms with E-state index in [0.717, 1.165) is 0 Å². The van der Waals surface area contributed by atoms with Gasteiger partial charge in [0, 0.05) is 0 Å². The van der Waals surface area contributed by atoms with Gasteiger partial charge in [-0.05, 0) is 6.42 Å². The van der Waals surface area contributed by atoms with Crippen LogP contribution >= 0.6 is 0 Å². The molecule has 0 aromatic heterocycles. The molecule has 1 unspecified atom stereocenters. The van der Waals surface area contributed by atoms with Crippen LogP contribution in [-0.2, 0) is 0 Å². The second-order valence-corrected chi connectivity index (χ2v) is 2.09. The third-order valence-corrected chi connectivity index (χ3v) is 1.11. The van der Waals surface area contributed by atoms with Gasteiger partial charge in [-0.2, -0.15) is 18.4 Å². The number of rotatable bonds is 3. The van der Waals surface area contributed by atoms with Gasteiger partial charge in [-0.15, -0.1) is 0 Å². The average Bonchev–Trinajstić information content (AvgIpc) is 1.88. The molecular weight excluding hydrogens is 157 g/mol. The second-order valence-electron chi connectivity index (χ2n) is 2.09. The minimum atomic E-state index is -4.23. The van der Waals surface area contributed by atoms with E-state index in [0.29, 0.717) is 6.42 Å². The maximum Gasteiger partial charge on any atom is 0.401 e. The topological polar surface area (TPSA) is 35.8 Å². The molecule has 64 valence electrons. The van der Waals surface area contributed by atoms with Crippen LogP contribution in [0.5, 0.6) is 0 Å². The van der Waals surface area contributed by atoms with Gasteiger partial charge in [0.05, 0.1) is 18.7 Å². The molecule has 0 saturated heterocycles. The van der Waals surface area contributed by atoms with Crippen molar-refractivity contribution in [2.24, 2.45) is 0 Å². The van der Waals surface area contributed by atoms with Crippen molar-refractivity contribution >= 4 is 0 Å². The molecule has 0 radical (unpaired) electrons. The molecule has 0 spiro atoms. The van der Waals surface area contributed by atoms with E-state index >= 15 is 0 Å². The van der Waals surface area contributed by atoms with E-state index in [4.69, 9.17) is 5.26 Å². The smallest absolute Gasteiger partial charge is 0.294 e. The highest BCUT2D eigenvalue weighted by Gasteiger charge is 2.27. The first-order chi connectivity index (χ1) is 4.99. The third kappa shape index (κ3) is 5.67. The second kappa shape index (κ2) is 4.19. The molecule has 0 bridgehead atoms. The molecule has 0 saturated carbocycles. The Morgan fingerprint density at radius 1 is 1.55 bits per heavy atom. The lowest BCUT2D eigenvalue weighted by Gasteiger charge is -2.10. The van der Waals surface area contributed by atoms with Gasteiger partial charge < -0.3 is 0 Å². The van der Waals surface area contributed by atoms with Crippen molar-refractivity contribution in [2.45, 2.75) is 25.6 Å². The van der Waals surface area contributed by atoms with E-state index in [-0.39, 0.29) is 0 Å². The molecule has 0 aliphatic rings. The van der Waals surface area contributed by atoms with Gasteiger partial charge in [0.25, 0.3) is 0 Å². The normalized spacial score (nSPS) is 14.1. The molecule has 1 atom stereocenters. The van der Waals surface area contributed by atoms with Crippen molar-refractivity contribution in [3.63, 3.8) is 0 Å². The zero-order valence-electron chi connectivity index (χ0n) is 6.07. The molecule has 0 aromatic rings. The average molecular weight is 166 g/mol. The van der Waals surface area contributed by atoms with Crippen LogP contribution in [0.2, 0.25) is 0 Å². The van der Waals surface area contributed by atoms with Gasteiger partial charge >= 0.3 is 6.18 Å². The van der Waals surface area contributed by atoms with E-state index in [1.165, 1.54) is 0 Å². The van der Waals surface area contributed by atoms with Crippen LogP contribution in [0.1, 0.15) is 13.3 Å². The van der Waals surface area contributed by atoms with Crippen LogP contribution in [-0.4, -0.2) is 18.8 Å². The number of hydrogen-bond acceptors (Lipinski definition) is 2. The third-order valence-electron chi connectivity index (χ3n) is 1.11. The first-order valence-electron chi connectivity index (χ1n) is 3.19. The fourth-order valence-electron chi connectivity index (χ4n) is 0.520. The highest BCUT2D eigenvalue weighted by molar-refractivity contribution is 4.88. The molecule has 0 fully saturated rings. The van der Waals surface area contributed by atoms with Gasteiger partial charge in [-0.25, -0.2) is 0 Å². The lowest BCUT2D eigenvalue weighted by molar-refractivity contribution is -0.125. The predicted octanol–water partition coefficient (Wildman–Crippen LogP) is 1.44. The number of hydrogen-bond donors (Lipinski definition) is 1. The quantitative estimate of drug-likeness (QED) is 0.688. The maximum atomic E-state index is 11.5. The molecule has 0 heterocycles. The number of nitriles is 1. The van der Waals surface area contributed by atoms with Gasteiger partial charge in [0.15, 0.2) is 0 Å². The van der Waals surface area contributed by atoms with Crippen LogP contribution in [0.25, 0.3) is 0 Å². The summed E-state index contributed by atoms with van der Waals surface area (Å²) in [5.41, 5.74) is 0. The summed E-state index contributed by atoms with van der Waals surface area (Å²) in [5, 5.41) is 10.3. The molecule has 0 amide bonds. The summed E-state index contributed by atoms with van der Waals surface area (Å²) in [4.78, 5) is 0. The molecule has 0 aliphatic heterocycles. The summed E-state index contributed by atoms with van der Waals surface area (Å²) in [5.74, 6) is 0. The van der Waals surface area contributed by atoms with Crippen molar-refractivity contribution < 1.29 is 13.2 Å². The van der Waals surface area contributed by atoms with Crippen LogP contribution in [0.3, 0.4) is 0 Å². The highest BCUT2D eigenvalue weighted by Crippen LogP contribution is 2.12. The van der Waals surface area contributed by atoms with E-state index in [1.54, 1.807) is 13.0 Å². The molecule has 1 N–H and O–H groups in total. The Bertz CT molecular complexity index is 147. The fourth-order valence-corrected chi connectivity index (χ4v) is 0.520. The van der Waals surface area contributed by atoms with Crippen molar-refractivity contribution in [2.75, 3.05) is 6.54 Å². The SMILES string of the molecule is CCC(C#N)NCC(F)(F)F. The van der Waals surface area contributed by atoms with Crippen molar-refractivity contribution in [3.8, 4) is 6.07 Å². The van der Waals surface area contributed by atoms with Crippen molar-refractivity contribution in [1.82, 2.24) is 5.32 Å². The fraction of sp³-hybridized carbons (Fsp3) is 0.833. The Morgan fingerprint density at radius 2 is 2.09 bits per heavy atom. The summed E-state index contributed by atoms with van der Waals surface area (Å²) < 4.78 is 34.6. The maximum absolute atomic E-state index is 11.5. The molecule has 2 nitrogen and oxygen atoms in total. The van der Waals surface area contributed by atoms with E-state index < -0.39 is 18.8 Å². The van der Waals surface area contributed by atoms with Crippen molar-refractivity contribution in [3.05, 3.63) is 0 Å². The number of halogens is 3. The number of nitrogens with one attached hydrogen (secondary N) is 1. The zero-order valence-corrected chi connectivity index (χ0v) is 6.07. The Kier molecular flexibility index (Phi) is 3.90. The largest absolute Gasteiger partial charge is 0.401 e. The minimum Gasteiger partial charge on any atom is -0.294 e. The Labute approximate surface area is 63.0 Å². The Balaban J connectivity index is 3.62. The molecular formula is C6H9F3N2. The monoisotopic (exact) mass is 166 g/mol. The van der Waals surface area contributed by atoms with Gasteiger partial charge in [-0.1, -0.05) is 6.92 Å². The summed E-state index contributed by atoms with van der Waals surface area (Å²) in [6.07, 6.45) is -3.85. The van der Waals surface area contributed by atoms with E-state index in [1.807, 2.05) is 0 Å². The molecule has 5 heteroatoms. The summed E-state index contributed by atoms with van der Waals surface area (Å²) in [7, 11) is 0. The van der Waals surface area contributed by atoms with Crippen LogP contribution in [0.4, 0.5) is 13.2 Å². The van der Waals surface area contributed by atoms with E-state index in [9.17, 15) is 13.2 Å². The molecule has 0 aliphatic carbocycles. The molecule has 0 rings (SSSR count). The van der Waals surface area contributed by atoms with Gasteiger partial charge in [0.2, 0.25) is 0 Å². The highest BCUT2D eigenvalue weighted by atomic mass is 19.4. The lowest BCUT2D eigenvalue weighted by atomic mass is 10.2. The summed E-state index contributed by atoms with van der Waals surface area (Å²) in [6, 6.07) is 1.02. The number of alkyl halides is 3. The molecule has 11 heavy (non-hydrogen) atoms. The van der Waals surface area contributed by atoms with Crippen molar-refractivity contribution in [1.29, 1.82) is 5.26 Å².